The van der Waals surface area contributed by atoms with Crippen LogP contribution < -0.4 is 10.9 Å². The molecular weight excluding hydrogens is 480 g/mol. The predicted octanol–water partition coefficient (Wildman–Crippen LogP) is 5.25. The van der Waals surface area contributed by atoms with E-state index in [0.717, 1.165) is 16.7 Å². The highest BCUT2D eigenvalue weighted by Gasteiger charge is 2.33. The fourth-order valence-electron chi connectivity index (χ4n) is 3.31. The van der Waals surface area contributed by atoms with Gasteiger partial charge in [0.05, 0.1) is 27.8 Å². The van der Waals surface area contributed by atoms with E-state index in [1.165, 1.54) is 24.5 Å². The number of hydrogen-bond acceptors (Lipinski definition) is 5. The number of hydrogen-bond donors (Lipinski definition) is 2. The minimum absolute atomic E-state index is 0.0480. The highest BCUT2D eigenvalue weighted by Crippen LogP contribution is 2.36. The van der Waals surface area contributed by atoms with Crippen LogP contribution in [0.5, 0.6) is 0 Å². The average molecular weight is 495 g/mol. The monoisotopic (exact) mass is 494 g/mol. The molecule has 0 saturated heterocycles. The zero-order chi connectivity index (χ0) is 23.8. The first-order valence-electron chi connectivity index (χ1n) is 9.56. The first-order valence-corrected chi connectivity index (χ1v) is 10.3. The molecule has 0 aliphatic heterocycles. The number of aliphatic hydroxyl groups is 1. The lowest BCUT2D eigenvalue weighted by atomic mass is 10.1. The van der Waals surface area contributed by atoms with Gasteiger partial charge in [0, 0.05) is 17.6 Å². The SMILES string of the molecule is O=c1ccc2c(NCC(O)c3ccc(Cl)cc3)ncnc2n1-c1ccc(Cl)c(C(F)(F)F)c1. The molecule has 1 atom stereocenters. The summed E-state index contributed by atoms with van der Waals surface area (Å²) in [4.78, 5) is 20.8. The van der Waals surface area contributed by atoms with Crippen molar-refractivity contribution in [3.05, 3.63) is 92.5 Å². The third-order valence-electron chi connectivity index (χ3n) is 4.92. The molecule has 0 aliphatic rings. The Balaban J connectivity index is 1.73. The largest absolute Gasteiger partial charge is 0.417 e. The minimum Gasteiger partial charge on any atom is -0.387 e. The van der Waals surface area contributed by atoms with Gasteiger partial charge < -0.3 is 10.4 Å². The molecule has 2 N–H and O–H groups in total. The molecule has 4 aromatic rings. The lowest BCUT2D eigenvalue weighted by Crippen LogP contribution is -2.20. The third-order valence-corrected chi connectivity index (χ3v) is 5.50. The number of halogens is 5. The Kier molecular flexibility index (Phi) is 6.29. The summed E-state index contributed by atoms with van der Waals surface area (Å²) >= 11 is 11.6. The lowest BCUT2D eigenvalue weighted by molar-refractivity contribution is -0.137. The number of benzene rings is 2. The fourth-order valence-corrected chi connectivity index (χ4v) is 3.66. The number of anilines is 1. The molecule has 0 saturated carbocycles. The second-order valence-corrected chi connectivity index (χ2v) is 7.92. The van der Waals surface area contributed by atoms with E-state index in [4.69, 9.17) is 23.2 Å². The summed E-state index contributed by atoms with van der Waals surface area (Å²) in [5.41, 5.74) is -0.972. The van der Waals surface area contributed by atoms with Crippen LogP contribution in [0.4, 0.5) is 19.0 Å². The Labute approximate surface area is 195 Å². The highest BCUT2D eigenvalue weighted by atomic mass is 35.5. The zero-order valence-electron chi connectivity index (χ0n) is 16.6. The number of aromatic nitrogens is 3. The van der Waals surface area contributed by atoms with Crippen LogP contribution in [0.1, 0.15) is 17.2 Å². The van der Waals surface area contributed by atoms with Gasteiger partial charge >= 0.3 is 6.18 Å². The molecular formula is C22H15Cl2F3N4O2. The highest BCUT2D eigenvalue weighted by molar-refractivity contribution is 6.31. The van der Waals surface area contributed by atoms with Crippen molar-refractivity contribution in [2.24, 2.45) is 0 Å². The van der Waals surface area contributed by atoms with Gasteiger partial charge in [-0.05, 0) is 42.0 Å². The zero-order valence-corrected chi connectivity index (χ0v) is 18.2. The summed E-state index contributed by atoms with van der Waals surface area (Å²) in [6.07, 6.45) is -4.40. The Morgan fingerprint density at radius 2 is 1.76 bits per heavy atom. The molecule has 0 bridgehead atoms. The van der Waals surface area contributed by atoms with E-state index in [-0.39, 0.29) is 17.9 Å². The van der Waals surface area contributed by atoms with Gasteiger partial charge in [-0.2, -0.15) is 13.2 Å². The number of nitrogens with one attached hydrogen (secondary N) is 1. The van der Waals surface area contributed by atoms with Crippen LogP contribution in [-0.4, -0.2) is 26.2 Å². The van der Waals surface area contributed by atoms with Crippen LogP contribution in [0.2, 0.25) is 10.0 Å². The van der Waals surface area contributed by atoms with Crippen LogP contribution in [-0.2, 0) is 6.18 Å². The number of nitrogens with zero attached hydrogens (tertiary/aromatic N) is 3. The second-order valence-electron chi connectivity index (χ2n) is 7.08. The predicted molar refractivity (Wildman–Crippen MR) is 120 cm³/mol. The van der Waals surface area contributed by atoms with Gasteiger partial charge in [-0.15, -0.1) is 0 Å². The van der Waals surface area contributed by atoms with E-state index in [1.54, 1.807) is 24.3 Å². The first kappa shape index (κ1) is 23.0. The molecule has 0 radical (unpaired) electrons. The quantitative estimate of drug-likeness (QED) is 0.396. The summed E-state index contributed by atoms with van der Waals surface area (Å²) in [6.45, 7) is 0.0754. The van der Waals surface area contributed by atoms with Crippen LogP contribution in [0, 0.1) is 0 Å². The molecule has 2 heterocycles. The molecule has 11 heteroatoms. The molecule has 170 valence electrons. The van der Waals surface area contributed by atoms with Crippen molar-refractivity contribution in [2.45, 2.75) is 12.3 Å². The first-order chi connectivity index (χ1) is 15.6. The molecule has 0 amide bonds. The van der Waals surface area contributed by atoms with Gasteiger partial charge in [-0.3, -0.25) is 9.36 Å². The Morgan fingerprint density at radius 3 is 2.45 bits per heavy atom. The van der Waals surface area contributed by atoms with Gasteiger partial charge in [-0.1, -0.05) is 35.3 Å². The summed E-state index contributed by atoms with van der Waals surface area (Å²) in [7, 11) is 0. The minimum atomic E-state index is -4.69. The van der Waals surface area contributed by atoms with Gasteiger partial charge in [-0.25, -0.2) is 9.97 Å². The average Bonchev–Trinajstić information content (AvgIpc) is 2.77. The Bertz CT molecular complexity index is 1380. The van der Waals surface area contributed by atoms with Crippen molar-refractivity contribution < 1.29 is 18.3 Å². The maximum atomic E-state index is 13.3. The van der Waals surface area contributed by atoms with Crippen molar-refractivity contribution >= 4 is 40.1 Å². The molecule has 33 heavy (non-hydrogen) atoms. The van der Waals surface area contributed by atoms with E-state index < -0.39 is 28.4 Å². The van der Waals surface area contributed by atoms with Crippen molar-refractivity contribution in [1.82, 2.24) is 14.5 Å². The fraction of sp³-hybridized carbons (Fsp3) is 0.136. The van der Waals surface area contributed by atoms with E-state index in [0.29, 0.717) is 21.8 Å². The molecule has 6 nitrogen and oxygen atoms in total. The number of pyridine rings is 1. The standard InChI is InChI=1S/C22H15Cl2F3N4O2/c23-13-3-1-12(2-4-13)18(32)10-28-20-15-6-8-19(33)31(21(15)30-11-29-20)14-5-7-17(24)16(9-14)22(25,26)27/h1-9,11,18,32H,10H2,(H,28,29,30). The lowest BCUT2D eigenvalue weighted by Gasteiger charge is -2.16. The molecule has 0 spiro atoms. The second kappa shape index (κ2) is 9.01. The third kappa shape index (κ3) is 4.80. The Morgan fingerprint density at radius 1 is 1.03 bits per heavy atom. The Hall–Kier alpha value is -3.14. The maximum absolute atomic E-state index is 13.3. The summed E-state index contributed by atoms with van der Waals surface area (Å²) < 4.78 is 41.0. The van der Waals surface area contributed by atoms with Gasteiger partial charge in [0.1, 0.15) is 12.1 Å². The molecule has 1 unspecified atom stereocenters. The van der Waals surface area contributed by atoms with Crippen molar-refractivity contribution in [3.8, 4) is 5.69 Å². The number of fused-ring (bicyclic) bond motifs is 1. The topological polar surface area (TPSA) is 80.0 Å². The summed E-state index contributed by atoms with van der Waals surface area (Å²) in [5, 5.41) is 13.9. The molecule has 4 rings (SSSR count). The van der Waals surface area contributed by atoms with Crippen LogP contribution in [0.15, 0.2) is 65.7 Å². The van der Waals surface area contributed by atoms with Crippen LogP contribution in [0.25, 0.3) is 16.7 Å². The summed E-state index contributed by atoms with van der Waals surface area (Å²) in [6, 6.07) is 12.5. The van der Waals surface area contributed by atoms with Gasteiger partial charge in [0.2, 0.25) is 0 Å². The smallest absolute Gasteiger partial charge is 0.387 e. The number of rotatable bonds is 5. The molecule has 2 aromatic carbocycles. The van der Waals surface area contributed by atoms with E-state index >= 15 is 0 Å². The van der Waals surface area contributed by atoms with Crippen LogP contribution in [0.3, 0.4) is 0 Å². The van der Waals surface area contributed by atoms with E-state index in [2.05, 4.69) is 15.3 Å². The van der Waals surface area contributed by atoms with Crippen LogP contribution >= 0.6 is 23.2 Å². The van der Waals surface area contributed by atoms with E-state index in [9.17, 15) is 23.1 Å². The van der Waals surface area contributed by atoms with E-state index in [1.807, 2.05) is 0 Å². The number of aliphatic hydroxyl groups excluding tert-OH is 1. The maximum Gasteiger partial charge on any atom is 0.417 e. The van der Waals surface area contributed by atoms with Gasteiger partial charge in [0.15, 0.2) is 5.65 Å². The van der Waals surface area contributed by atoms with Crippen molar-refractivity contribution in [1.29, 1.82) is 0 Å². The van der Waals surface area contributed by atoms with Crippen molar-refractivity contribution in [3.63, 3.8) is 0 Å². The molecule has 0 aliphatic carbocycles. The number of alkyl halides is 3. The summed E-state index contributed by atoms with van der Waals surface area (Å²) in [5.74, 6) is 0.298. The normalized spacial score (nSPS) is 12.7. The molecule has 0 fully saturated rings. The van der Waals surface area contributed by atoms with Gasteiger partial charge in [0.25, 0.3) is 5.56 Å². The van der Waals surface area contributed by atoms with Crippen molar-refractivity contribution in [2.75, 3.05) is 11.9 Å². The molecule has 2 aromatic heterocycles.